The van der Waals surface area contributed by atoms with E-state index in [9.17, 15) is 72.2 Å². The van der Waals surface area contributed by atoms with Crippen LogP contribution in [0.3, 0.4) is 0 Å². The molecule has 11 rings (SSSR count). The van der Waals surface area contributed by atoms with Crippen molar-refractivity contribution in [1.29, 1.82) is 0 Å². The zero-order chi connectivity index (χ0) is 87.3. The number of hydrogen-bond acceptors (Lipinski definition) is 34. The van der Waals surface area contributed by atoms with Gasteiger partial charge >= 0.3 is 0 Å². The predicted molar refractivity (Wildman–Crippen MR) is 468 cm³/mol. The van der Waals surface area contributed by atoms with Gasteiger partial charge in [-0.15, -0.1) is 0 Å². The predicted octanol–water partition coefficient (Wildman–Crippen LogP) is 17.0. The highest BCUT2D eigenvalue weighted by Crippen LogP contribution is 2.44. The zero-order valence-electron chi connectivity index (χ0n) is 68.7. The Bertz CT molecular complexity index is 3850. The van der Waals surface area contributed by atoms with Crippen LogP contribution in [0, 0.1) is 22.7 Å². The molecule has 1 fully saturated rings. The molecule has 11 heterocycles. The van der Waals surface area contributed by atoms with Gasteiger partial charge in [-0.1, -0.05) is 202 Å². The van der Waals surface area contributed by atoms with E-state index in [4.69, 9.17) is 39.4 Å². The highest BCUT2D eigenvalue weighted by Gasteiger charge is 2.42. The van der Waals surface area contributed by atoms with E-state index >= 15 is 0 Å². The number of ether oxygens (including phenoxy) is 4. The summed E-state index contributed by atoms with van der Waals surface area (Å²) in [5, 5.41) is 45.7. The summed E-state index contributed by atoms with van der Waals surface area (Å²) in [6.07, 6.45) is 16.8. The molecule has 0 aromatic carbocycles. The second kappa shape index (κ2) is 49.6. The smallest absolute Gasteiger partial charge is 0.258 e. The number of rotatable bonds is 12. The standard InChI is InChI=1S/C10H16OS.2C9H14OS.C8H10O2S.C7H10O3S.C7H8O2S.C6H8O4S.C6H8O3S.2C6H8O2S.C5H6O2S/c1-6(2)8-5-9(7(3)4)12-10(8)11;1-6-5-7(8(10)11-6)9(2,3)4;1-6-5-7(9(2,3)4)11-8(6)10;1-2-3-4-6-5-7(9)11-8(6)10;1-3-7(10-2)5(8)4-6(9)11-7;1-7(2)5(4-8)3-6(9)10-7;1-2(7)5-3(8)4(9)6(10)11-5;1-8-4-3-5(7)10-6(4)9-2;1-4-5(8-2)3-6(7)9-4;1-3-5(7)4(2)9-6(3)8;1-3-4(6)2-5(7)8-3/h5-7,9H,1-4H3;5-6H,1-4H3;5,7H,1-4H3;5H,2-4H2,1H3;4,8H,3H2,1-2H3;3-4H,1-2H3;2,5,7-9H,1H3;3,6H,1-2H3;3-4H,1-2H3;4,7H,1-2H3;3H,2H2,1H3. The van der Waals surface area contributed by atoms with Crippen LogP contribution in [0.15, 0.2) is 117 Å². The second-order valence-electron chi connectivity index (χ2n) is 29.0. The molecule has 0 aliphatic carbocycles. The molecule has 34 heteroatoms. The van der Waals surface area contributed by atoms with Gasteiger partial charge in [0, 0.05) is 98.5 Å². The van der Waals surface area contributed by atoms with Crippen molar-refractivity contribution in [3.63, 3.8) is 0 Å². The van der Waals surface area contributed by atoms with Crippen LogP contribution in [0.1, 0.15) is 178 Å². The van der Waals surface area contributed by atoms with Gasteiger partial charge in [-0.05, 0) is 140 Å². The lowest BCUT2D eigenvalue weighted by Gasteiger charge is -2.23. The van der Waals surface area contributed by atoms with Gasteiger partial charge in [0.05, 0.1) is 47.7 Å². The van der Waals surface area contributed by atoms with Crippen LogP contribution < -0.4 is 0 Å². The fraction of sp³-hybridized carbons (Fsp3) is 0.570. The molecular formula is C79H110O23S11. The fourth-order valence-electron chi connectivity index (χ4n) is 9.60. The molecular weight excluding hydrogens is 1670 g/mol. The summed E-state index contributed by atoms with van der Waals surface area (Å²) in [7, 11) is 6.14. The minimum absolute atomic E-state index is 0.000000000000000222. The van der Waals surface area contributed by atoms with Gasteiger partial charge in [0.15, 0.2) is 27.0 Å². The molecule has 0 amide bonds. The molecule has 11 aliphatic heterocycles. The van der Waals surface area contributed by atoms with Crippen LogP contribution >= 0.6 is 129 Å². The van der Waals surface area contributed by atoms with E-state index in [1.54, 1.807) is 28.1 Å². The Labute approximate surface area is 711 Å². The van der Waals surface area contributed by atoms with E-state index < -0.39 is 32.9 Å². The summed E-state index contributed by atoms with van der Waals surface area (Å²) in [4.78, 5) is 150. The van der Waals surface area contributed by atoms with Crippen molar-refractivity contribution in [1.82, 2.24) is 0 Å². The Morgan fingerprint density at radius 3 is 1.39 bits per heavy atom. The van der Waals surface area contributed by atoms with Crippen LogP contribution in [0.25, 0.3) is 0 Å². The van der Waals surface area contributed by atoms with Crippen LogP contribution in [0.5, 0.6) is 0 Å². The zero-order valence-corrected chi connectivity index (χ0v) is 77.6. The van der Waals surface area contributed by atoms with E-state index in [1.165, 1.54) is 122 Å². The Balaban J connectivity index is 0.000000622. The minimum atomic E-state index is -0.839. The van der Waals surface area contributed by atoms with Gasteiger partial charge in [-0.25, -0.2) is 0 Å². The molecule has 0 aromatic heterocycles. The number of aldehydes is 1. The first kappa shape index (κ1) is 106. The topological polar surface area (TPSA) is 377 Å². The summed E-state index contributed by atoms with van der Waals surface area (Å²) in [6.45, 7) is 41.4. The van der Waals surface area contributed by atoms with Crippen LogP contribution in [-0.4, -0.2) is 185 Å². The normalized spacial score (nSPS) is 25.5. The number of aliphatic hydroxyl groups is 5. The molecule has 0 saturated carbocycles. The summed E-state index contributed by atoms with van der Waals surface area (Å²) in [5.41, 5.74) is 4.69. The lowest BCUT2D eigenvalue weighted by atomic mass is 9.87. The van der Waals surface area contributed by atoms with Crippen molar-refractivity contribution < 1.29 is 112 Å². The van der Waals surface area contributed by atoms with Crippen molar-refractivity contribution >= 4 is 203 Å². The molecule has 0 spiro atoms. The number of hydrogen-bond donors (Lipinski definition) is 5. The molecule has 10 unspecified atom stereocenters. The molecule has 0 bridgehead atoms. The van der Waals surface area contributed by atoms with E-state index in [2.05, 4.69) is 101 Å². The number of methoxy groups -OCH3 is 4. The van der Waals surface area contributed by atoms with Gasteiger partial charge < -0.3 is 44.5 Å². The molecule has 113 heavy (non-hydrogen) atoms. The highest BCUT2D eigenvalue weighted by molar-refractivity contribution is 8.27. The third kappa shape index (κ3) is 35.4. The molecule has 0 radical (unpaired) electrons. The quantitative estimate of drug-likeness (QED) is 0.0895. The van der Waals surface area contributed by atoms with Crippen LogP contribution in [0.4, 0.5) is 0 Å². The molecule has 0 aromatic rings. The Hall–Kier alpha value is -4.69. The fourth-order valence-corrected chi connectivity index (χ4v) is 19.6. The number of carbonyl (C=O) groups is 14. The van der Waals surface area contributed by atoms with E-state index in [1.807, 2.05) is 41.5 Å². The van der Waals surface area contributed by atoms with E-state index in [0.717, 1.165) is 107 Å². The first-order valence-electron chi connectivity index (χ1n) is 35.8. The third-order valence-corrected chi connectivity index (χ3v) is 29.0. The number of aliphatic hydroxyl groups excluding tert-OH is 5. The van der Waals surface area contributed by atoms with Gasteiger partial charge in [-0.2, -0.15) is 0 Å². The number of Topliss-reactive ketones (excluding diaryl/α,β-unsaturated/α-hetero) is 1. The van der Waals surface area contributed by atoms with Gasteiger partial charge in [0.25, 0.3) is 5.12 Å². The highest BCUT2D eigenvalue weighted by atomic mass is 32.2. The Morgan fingerprint density at radius 2 is 1.16 bits per heavy atom. The monoisotopic (exact) mass is 1780 g/mol. The Kier molecular flexibility index (Phi) is 46.7. The summed E-state index contributed by atoms with van der Waals surface area (Å²) < 4.78 is 19.5. The van der Waals surface area contributed by atoms with Crippen molar-refractivity contribution in [2.24, 2.45) is 22.7 Å². The van der Waals surface area contributed by atoms with Gasteiger partial charge in [-0.3, -0.25) is 67.1 Å². The first-order valence-corrected chi connectivity index (χ1v) is 45.3. The molecule has 23 nitrogen and oxygen atoms in total. The summed E-state index contributed by atoms with van der Waals surface area (Å²) >= 11 is 12.8. The first-order chi connectivity index (χ1) is 52.1. The van der Waals surface area contributed by atoms with Crippen molar-refractivity contribution in [2.75, 3.05) is 28.4 Å². The van der Waals surface area contributed by atoms with E-state index in [-0.39, 0.29) is 117 Å². The van der Waals surface area contributed by atoms with Crippen molar-refractivity contribution in [3.05, 3.63) is 117 Å². The van der Waals surface area contributed by atoms with Crippen molar-refractivity contribution in [2.45, 2.75) is 235 Å². The molecule has 5 N–H and O–H groups in total. The SMILES string of the molecule is CC(C)C1=CC(C(C)C)SC1=O.CC(O)C1SC(=O)C(O)=C1O.CC1(C)SC(=O)C=C1C=O.CC1=C(O)C(C)SC1=O.CC1=CC(C(C)(C)C)SC1=O.CC1C=C(C(C)(C)C)C(=O)S1.CC1SC(=O)CC1=O.CCC1(OC)SC(=O)C=C1O.CCCCC1=CC(=O)SC1=O.COC1=CC(=O)SC1C.COC1=CC(=O)SC1OC. The lowest BCUT2D eigenvalue weighted by molar-refractivity contribution is -0.121. The third-order valence-electron chi connectivity index (χ3n) is 16.5. The number of thioether (sulfide) groups is 11. The molecule has 11 aliphatic rings. The largest absolute Gasteiger partial charge is 0.511 e. The maximum atomic E-state index is 11.4. The maximum absolute atomic E-state index is 11.4. The van der Waals surface area contributed by atoms with Gasteiger partial charge in [0.1, 0.15) is 29.3 Å². The number of carbonyl (C=O) groups excluding carboxylic acids is 14. The summed E-state index contributed by atoms with van der Waals surface area (Å²) in [6, 6.07) is 0. The minimum Gasteiger partial charge on any atom is -0.511 e. The average Bonchev–Trinajstić information content (AvgIpc) is 1.67. The molecule has 1 saturated heterocycles. The van der Waals surface area contributed by atoms with Gasteiger partial charge in [0.2, 0.25) is 56.9 Å². The van der Waals surface area contributed by atoms with E-state index in [0.29, 0.717) is 56.5 Å². The number of unbranched alkanes of at least 4 members (excludes halogenated alkanes) is 1. The molecule has 10 atom stereocenters. The van der Waals surface area contributed by atoms with Crippen LogP contribution in [0.2, 0.25) is 0 Å². The second-order valence-corrected chi connectivity index (χ2v) is 42.7. The average molecular weight is 1780 g/mol. The number of ketones is 1. The Morgan fingerprint density at radius 1 is 0.584 bits per heavy atom. The maximum Gasteiger partial charge on any atom is 0.258 e. The lowest BCUT2D eigenvalue weighted by Crippen LogP contribution is -2.26. The van der Waals surface area contributed by atoms with Crippen molar-refractivity contribution in [3.8, 4) is 0 Å². The molecule has 630 valence electrons. The van der Waals surface area contributed by atoms with Crippen LogP contribution in [-0.2, 0) is 86.1 Å². The summed E-state index contributed by atoms with van der Waals surface area (Å²) in [5.74, 6) is 1.60.